The monoisotopic (exact) mass is 501 g/mol. The topological polar surface area (TPSA) is 71.6 Å². The third-order valence-electron chi connectivity index (χ3n) is 6.32. The molecule has 0 radical (unpaired) electrons. The SMILES string of the molecule is COc1cccc(C(=O)N2CCCN(C[C@H]3CN(C(=O)COc4ccc(Cl)cc4)CCO3)CC2)c1. The second-order valence-electron chi connectivity index (χ2n) is 8.75. The van der Waals surface area contributed by atoms with Crippen LogP contribution in [0.4, 0.5) is 0 Å². The first-order valence-corrected chi connectivity index (χ1v) is 12.3. The van der Waals surface area contributed by atoms with E-state index in [9.17, 15) is 9.59 Å². The summed E-state index contributed by atoms with van der Waals surface area (Å²) in [4.78, 5) is 31.7. The van der Waals surface area contributed by atoms with Gasteiger partial charge in [0, 0.05) is 49.9 Å². The number of morpholine rings is 1. The Bertz CT molecular complexity index is 1000. The highest BCUT2D eigenvalue weighted by Gasteiger charge is 2.28. The van der Waals surface area contributed by atoms with Gasteiger partial charge in [0.05, 0.1) is 19.8 Å². The van der Waals surface area contributed by atoms with E-state index >= 15 is 0 Å². The molecule has 2 fully saturated rings. The number of carbonyl (C=O) groups excluding carboxylic acids is 2. The van der Waals surface area contributed by atoms with Gasteiger partial charge in [-0.2, -0.15) is 0 Å². The summed E-state index contributed by atoms with van der Waals surface area (Å²) in [5.74, 6) is 1.26. The lowest BCUT2D eigenvalue weighted by Crippen LogP contribution is -2.51. The van der Waals surface area contributed by atoms with E-state index in [1.54, 1.807) is 42.3 Å². The van der Waals surface area contributed by atoms with E-state index in [-0.39, 0.29) is 24.5 Å². The van der Waals surface area contributed by atoms with Crippen LogP contribution in [0.5, 0.6) is 11.5 Å². The Morgan fingerprint density at radius 3 is 2.63 bits per heavy atom. The van der Waals surface area contributed by atoms with E-state index in [0.29, 0.717) is 54.9 Å². The summed E-state index contributed by atoms with van der Waals surface area (Å²) < 4.78 is 16.8. The Balaban J connectivity index is 1.24. The Labute approximate surface area is 211 Å². The van der Waals surface area contributed by atoms with Crippen LogP contribution in [0, 0.1) is 0 Å². The van der Waals surface area contributed by atoms with Crippen molar-refractivity contribution in [3.05, 3.63) is 59.1 Å². The molecule has 0 N–H and O–H groups in total. The van der Waals surface area contributed by atoms with Crippen molar-refractivity contribution in [3.8, 4) is 11.5 Å². The van der Waals surface area contributed by atoms with Gasteiger partial charge in [-0.05, 0) is 55.4 Å². The number of ether oxygens (including phenoxy) is 3. The Morgan fingerprint density at radius 1 is 1.00 bits per heavy atom. The molecule has 35 heavy (non-hydrogen) atoms. The normalized spacial score (nSPS) is 19.2. The van der Waals surface area contributed by atoms with Crippen LogP contribution >= 0.6 is 11.6 Å². The highest BCUT2D eigenvalue weighted by atomic mass is 35.5. The average Bonchev–Trinajstić information content (AvgIpc) is 3.13. The summed E-state index contributed by atoms with van der Waals surface area (Å²) in [6.45, 7) is 5.32. The minimum absolute atomic E-state index is 0.0145. The van der Waals surface area contributed by atoms with Gasteiger partial charge in [0.25, 0.3) is 11.8 Å². The van der Waals surface area contributed by atoms with Gasteiger partial charge in [0.15, 0.2) is 6.61 Å². The molecular weight excluding hydrogens is 470 g/mol. The largest absolute Gasteiger partial charge is 0.497 e. The molecule has 2 aromatic rings. The summed E-state index contributed by atoms with van der Waals surface area (Å²) in [5.41, 5.74) is 0.642. The third kappa shape index (κ3) is 7.10. The molecule has 4 rings (SSSR count). The smallest absolute Gasteiger partial charge is 0.260 e. The van der Waals surface area contributed by atoms with E-state index in [0.717, 1.165) is 26.1 Å². The van der Waals surface area contributed by atoms with E-state index in [1.165, 1.54) is 0 Å². The maximum Gasteiger partial charge on any atom is 0.260 e. The number of halogens is 1. The first-order valence-electron chi connectivity index (χ1n) is 12.0. The number of amides is 2. The quantitative estimate of drug-likeness (QED) is 0.581. The lowest BCUT2D eigenvalue weighted by molar-refractivity contribution is -0.141. The number of hydrogen-bond acceptors (Lipinski definition) is 6. The molecule has 2 aliphatic rings. The van der Waals surface area contributed by atoms with Crippen molar-refractivity contribution >= 4 is 23.4 Å². The van der Waals surface area contributed by atoms with Crippen molar-refractivity contribution in [2.45, 2.75) is 12.5 Å². The predicted molar refractivity (Wildman–Crippen MR) is 133 cm³/mol. The zero-order valence-corrected chi connectivity index (χ0v) is 20.8. The molecule has 0 saturated carbocycles. The van der Waals surface area contributed by atoms with Gasteiger partial charge < -0.3 is 24.0 Å². The fraction of sp³-hybridized carbons (Fsp3) is 0.462. The van der Waals surface area contributed by atoms with E-state index < -0.39 is 0 Å². The molecule has 0 aliphatic carbocycles. The zero-order valence-electron chi connectivity index (χ0n) is 20.0. The van der Waals surface area contributed by atoms with Crippen molar-refractivity contribution in [3.63, 3.8) is 0 Å². The standard InChI is InChI=1S/C26H32ClN3O5/c1-33-23-5-2-4-20(16-23)26(32)29-11-3-10-28(12-13-29)17-24-18-30(14-15-34-24)25(31)19-35-22-8-6-21(27)7-9-22/h2,4-9,16,24H,3,10-15,17-19H2,1H3/t24-/m0/s1. The number of benzene rings is 2. The molecule has 2 aliphatic heterocycles. The van der Waals surface area contributed by atoms with Crippen LogP contribution in [0.1, 0.15) is 16.8 Å². The van der Waals surface area contributed by atoms with Crippen molar-refractivity contribution in [1.29, 1.82) is 0 Å². The number of hydrogen-bond donors (Lipinski definition) is 0. The van der Waals surface area contributed by atoms with Crippen LogP contribution in [-0.2, 0) is 9.53 Å². The summed E-state index contributed by atoms with van der Waals surface area (Å²) in [6, 6.07) is 14.2. The lowest BCUT2D eigenvalue weighted by atomic mass is 10.2. The Morgan fingerprint density at radius 2 is 1.83 bits per heavy atom. The number of rotatable bonds is 7. The summed E-state index contributed by atoms with van der Waals surface area (Å²) in [6.07, 6.45) is 0.823. The molecule has 0 spiro atoms. The summed E-state index contributed by atoms with van der Waals surface area (Å²) >= 11 is 5.89. The van der Waals surface area contributed by atoms with E-state index in [2.05, 4.69) is 4.90 Å². The summed E-state index contributed by atoms with van der Waals surface area (Å²) in [5, 5.41) is 0.626. The minimum Gasteiger partial charge on any atom is -0.497 e. The van der Waals surface area contributed by atoms with Crippen LogP contribution < -0.4 is 9.47 Å². The maximum absolute atomic E-state index is 13.0. The molecule has 2 amide bonds. The van der Waals surface area contributed by atoms with Gasteiger partial charge in [-0.1, -0.05) is 17.7 Å². The maximum atomic E-state index is 13.0. The molecule has 9 heteroatoms. The van der Waals surface area contributed by atoms with Crippen molar-refractivity contribution in [2.24, 2.45) is 0 Å². The van der Waals surface area contributed by atoms with Gasteiger partial charge in [-0.15, -0.1) is 0 Å². The Kier molecular flexibility index (Phi) is 8.84. The second kappa shape index (κ2) is 12.2. The Hall–Kier alpha value is -2.81. The molecule has 0 unspecified atom stereocenters. The van der Waals surface area contributed by atoms with Crippen molar-refractivity contribution in [2.75, 3.05) is 66.1 Å². The first-order chi connectivity index (χ1) is 17.0. The van der Waals surface area contributed by atoms with Gasteiger partial charge in [0.2, 0.25) is 0 Å². The van der Waals surface area contributed by atoms with Gasteiger partial charge in [-0.3, -0.25) is 14.5 Å². The van der Waals surface area contributed by atoms with Crippen LogP contribution in [0.3, 0.4) is 0 Å². The summed E-state index contributed by atoms with van der Waals surface area (Å²) in [7, 11) is 1.60. The zero-order chi connectivity index (χ0) is 24.6. The van der Waals surface area contributed by atoms with E-state index in [1.807, 2.05) is 23.1 Å². The predicted octanol–water partition coefficient (Wildman–Crippen LogP) is 2.80. The molecule has 2 heterocycles. The van der Waals surface area contributed by atoms with Crippen LogP contribution in [0.15, 0.2) is 48.5 Å². The third-order valence-corrected chi connectivity index (χ3v) is 6.57. The molecule has 8 nitrogen and oxygen atoms in total. The molecule has 1 atom stereocenters. The first kappa shape index (κ1) is 25.3. The molecular formula is C26H32ClN3O5. The molecule has 2 saturated heterocycles. The number of nitrogens with zero attached hydrogens (tertiary/aromatic N) is 3. The molecule has 188 valence electrons. The number of carbonyl (C=O) groups is 2. The number of methoxy groups -OCH3 is 1. The van der Waals surface area contributed by atoms with Crippen LogP contribution in [-0.4, -0.2) is 98.8 Å². The molecule has 0 aromatic heterocycles. The lowest BCUT2D eigenvalue weighted by Gasteiger charge is -2.35. The highest BCUT2D eigenvalue weighted by molar-refractivity contribution is 6.30. The van der Waals surface area contributed by atoms with Crippen LogP contribution in [0.25, 0.3) is 0 Å². The van der Waals surface area contributed by atoms with E-state index in [4.69, 9.17) is 25.8 Å². The minimum atomic E-state index is -0.0659. The second-order valence-corrected chi connectivity index (χ2v) is 9.19. The van der Waals surface area contributed by atoms with Gasteiger partial charge >= 0.3 is 0 Å². The highest BCUT2D eigenvalue weighted by Crippen LogP contribution is 2.18. The fourth-order valence-corrected chi connectivity index (χ4v) is 4.53. The van der Waals surface area contributed by atoms with Crippen molar-refractivity contribution < 1.29 is 23.8 Å². The molecule has 2 aromatic carbocycles. The fourth-order valence-electron chi connectivity index (χ4n) is 4.41. The van der Waals surface area contributed by atoms with Crippen LogP contribution in [0.2, 0.25) is 5.02 Å². The average molecular weight is 502 g/mol. The van der Waals surface area contributed by atoms with Crippen molar-refractivity contribution in [1.82, 2.24) is 14.7 Å². The van der Waals surface area contributed by atoms with Gasteiger partial charge in [0.1, 0.15) is 11.5 Å². The van der Waals surface area contributed by atoms with Gasteiger partial charge in [-0.25, -0.2) is 0 Å². The molecule has 0 bridgehead atoms.